The van der Waals surface area contributed by atoms with E-state index in [1.54, 1.807) is 11.1 Å². The molecule has 1 saturated heterocycles. The predicted octanol–water partition coefficient (Wildman–Crippen LogP) is 3.31. The van der Waals surface area contributed by atoms with E-state index in [-0.39, 0.29) is 61.3 Å². The molecule has 1 aliphatic heterocycles. The molecule has 4 rings (SSSR count). The Kier molecular flexibility index (Phi) is 10.0. The summed E-state index contributed by atoms with van der Waals surface area (Å²) in [5, 5.41) is 15.9. The summed E-state index contributed by atoms with van der Waals surface area (Å²) in [6.45, 7) is 7.69. The molecule has 232 valence electrons. The standard InChI is InChI=1S/C29H37N5O8S/c1-19(2)33(20(3)4)28(35)18-42-29(36)26(15-21-17-30-24-8-6-5-7-23(21)24)31-25-10-9-22(16-27(25)34(37)38)43(39,40)32-11-13-41-14-12-32/h5-10,16-17,19-20,26,30-31H,11-15,18H2,1-4H3/t26-/m0/s1. The van der Waals surface area contributed by atoms with Crippen LogP contribution in [0, 0.1) is 10.1 Å². The Morgan fingerprint density at radius 2 is 1.79 bits per heavy atom. The molecule has 1 aromatic heterocycles. The third-order valence-corrected chi connectivity index (χ3v) is 9.12. The van der Waals surface area contributed by atoms with Crippen LogP contribution in [-0.2, 0) is 35.5 Å². The lowest BCUT2D eigenvalue weighted by atomic mass is 10.0. The second kappa shape index (κ2) is 13.5. The number of benzene rings is 2. The summed E-state index contributed by atoms with van der Waals surface area (Å²) in [7, 11) is -4.00. The maximum Gasteiger partial charge on any atom is 0.329 e. The van der Waals surface area contributed by atoms with E-state index in [4.69, 9.17) is 9.47 Å². The summed E-state index contributed by atoms with van der Waals surface area (Å²) in [4.78, 5) is 42.2. The van der Waals surface area contributed by atoms with E-state index in [1.807, 2.05) is 52.0 Å². The Hall–Kier alpha value is -4.01. The molecule has 1 atom stereocenters. The van der Waals surface area contributed by atoms with Crippen LogP contribution in [0.2, 0.25) is 0 Å². The molecule has 0 saturated carbocycles. The van der Waals surface area contributed by atoms with Gasteiger partial charge in [0, 0.05) is 54.8 Å². The van der Waals surface area contributed by atoms with Crippen LogP contribution in [0.3, 0.4) is 0 Å². The zero-order valence-electron chi connectivity index (χ0n) is 24.6. The van der Waals surface area contributed by atoms with E-state index in [1.165, 1.54) is 16.4 Å². The fraction of sp³-hybridized carbons (Fsp3) is 0.448. The van der Waals surface area contributed by atoms with Crippen molar-refractivity contribution in [2.75, 3.05) is 38.2 Å². The van der Waals surface area contributed by atoms with E-state index in [0.29, 0.717) is 0 Å². The highest BCUT2D eigenvalue weighted by atomic mass is 32.2. The van der Waals surface area contributed by atoms with Crippen molar-refractivity contribution in [3.05, 3.63) is 64.3 Å². The first-order valence-corrected chi connectivity index (χ1v) is 15.5. The number of nitrogens with zero attached hydrogens (tertiary/aromatic N) is 3. The van der Waals surface area contributed by atoms with Crippen molar-refractivity contribution in [1.82, 2.24) is 14.2 Å². The van der Waals surface area contributed by atoms with Gasteiger partial charge in [0.2, 0.25) is 10.0 Å². The quantitative estimate of drug-likeness (QED) is 0.177. The number of morpholine rings is 1. The highest BCUT2D eigenvalue weighted by Crippen LogP contribution is 2.31. The lowest BCUT2D eigenvalue weighted by Crippen LogP contribution is -2.45. The number of aromatic nitrogens is 1. The predicted molar refractivity (Wildman–Crippen MR) is 160 cm³/mol. The van der Waals surface area contributed by atoms with Crippen LogP contribution in [0.5, 0.6) is 0 Å². The number of aromatic amines is 1. The smallest absolute Gasteiger partial charge is 0.329 e. The average molecular weight is 616 g/mol. The average Bonchev–Trinajstić information content (AvgIpc) is 3.38. The minimum absolute atomic E-state index is 0.0648. The number of amides is 1. The summed E-state index contributed by atoms with van der Waals surface area (Å²) in [6.07, 6.45) is 1.81. The zero-order chi connectivity index (χ0) is 31.3. The number of nitro benzene ring substituents is 1. The van der Waals surface area contributed by atoms with Crippen LogP contribution in [0.1, 0.15) is 33.3 Å². The molecule has 0 aliphatic carbocycles. The third kappa shape index (κ3) is 7.32. The van der Waals surface area contributed by atoms with Crippen molar-refractivity contribution >= 4 is 44.2 Å². The van der Waals surface area contributed by atoms with Gasteiger partial charge in [-0.2, -0.15) is 4.31 Å². The van der Waals surface area contributed by atoms with Gasteiger partial charge in [0.1, 0.15) is 11.7 Å². The summed E-state index contributed by atoms with van der Waals surface area (Å²) < 4.78 is 38.2. The maximum atomic E-state index is 13.4. The number of esters is 1. The summed E-state index contributed by atoms with van der Waals surface area (Å²) in [5.41, 5.74) is 1.00. The molecule has 13 nitrogen and oxygen atoms in total. The number of nitrogens with one attached hydrogen (secondary N) is 2. The van der Waals surface area contributed by atoms with Crippen molar-refractivity contribution in [2.24, 2.45) is 0 Å². The fourth-order valence-corrected chi connectivity index (χ4v) is 6.69. The number of rotatable bonds is 12. The third-order valence-electron chi connectivity index (χ3n) is 7.23. The Bertz CT molecular complexity index is 1570. The van der Waals surface area contributed by atoms with Crippen molar-refractivity contribution < 1.29 is 32.4 Å². The van der Waals surface area contributed by atoms with E-state index in [9.17, 15) is 28.1 Å². The first-order chi connectivity index (χ1) is 20.4. The van der Waals surface area contributed by atoms with Gasteiger partial charge >= 0.3 is 5.97 Å². The van der Waals surface area contributed by atoms with Crippen LogP contribution in [-0.4, -0.2) is 90.4 Å². The zero-order valence-corrected chi connectivity index (χ0v) is 25.4. The number of hydrogen-bond donors (Lipinski definition) is 2. The molecule has 3 aromatic rings. The number of ether oxygens (including phenoxy) is 2. The monoisotopic (exact) mass is 615 g/mol. The van der Waals surface area contributed by atoms with Crippen molar-refractivity contribution in [3.8, 4) is 0 Å². The van der Waals surface area contributed by atoms with Crippen LogP contribution in [0.4, 0.5) is 11.4 Å². The highest BCUT2D eigenvalue weighted by molar-refractivity contribution is 7.89. The van der Waals surface area contributed by atoms with Gasteiger partial charge in [0.05, 0.1) is 23.0 Å². The molecule has 2 heterocycles. The minimum Gasteiger partial charge on any atom is -0.454 e. The van der Waals surface area contributed by atoms with Crippen LogP contribution in [0.25, 0.3) is 10.9 Å². The molecule has 1 amide bonds. The molecular weight excluding hydrogens is 578 g/mol. The number of para-hydroxylation sites is 1. The fourth-order valence-electron chi connectivity index (χ4n) is 5.26. The van der Waals surface area contributed by atoms with Crippen molar-refractivity contribution in [2.45, 2.75) is 57.1 Å². The number of anilines is 1. The number of fused-ring (bicyclic) bond motifs is 1. The summed E-state index contributed by atoms with van der Waals surface area (Å²) in [6, 6.07) is 9.63. The molecule has 0 spiro atoms. The van der Waals surface area contributed by atoms with Gasteiger partial charge in [-0.05, 0) is 51.5 Å². The Morgan fingerprint density at radius 1 is 1.12 bits per heavy atom. The molecule has 1 aliphatic rings. The normalized spacial score (nSPS) is 15.0. The Morgan fingerprint density at radius 3 is 2.44 bits per heavy atom. The van der Waals surface area contributed by atoms with Gasteiger partial charge in [0.25, 0.3) is 11.6 Å². The number of carbonyl (C=O) groups excluding carboxylic acids is 2. The van der Waals surface area contributed by atoms with Gasteiger partial charge in [-0.15, -0.1) is 0 Å². The second-order valence-corrected chi connectivity index (χ2v) is 12.7. The molecule has 0 bridgehead atoms. The second-order valence-electron chi connectivity index (χ2n) is 10.8. The van der Waals surface area contributed by atoms with Gasteiger partial charge in [0.15, 0.2) is 6.61 Å². The van der Waals surface area contributed by atoms with Gasteiger partial charge in [-0.25, -0.2) is 13.2 Å². The number of sulfonamides is 1. The highest BCUT2D eigenvalue weighted by Gasteiger charge is 2.31. The van der Waals surface area contributed by atoms with Crippen LogP contribution >= 0.6 is 0 Å². The minimum atomic E-state index is -4.00. The molecule has 0 unspecified atom stereocenters. The van der Waals surface area contributed by atoms with E-state index < -0.39 is 39.3 Å². The lowest BCUT2D eigenvalue weighted by Gasteiger charge is -2.30. The van der Waals surface area contributed by atoms with Gasteiger partial charge < -0.3 is 24.7 Å². The molecule has 43 heavy (non-hydrogen) atoms. The van der Waals surface area contributed by atoms with Crippen molar-refractivity contribution in [1.29, 1.82) is 0 Å². The summed E-state index contributed by atoms with van der Waals surface area (Å²) >= 11 is 0. The number of nitro groups is 1. The molecular formula is C29H37N5O8S. The number of hydrogen-bond acceptors (Lipinski definition) is 9. The lowest BCUT2D eigenvalue weighted by molar-refractivity contribution is -0.384. The molecule has 1 fully saturated rings. The van der Waals surface area contributed by atoms with Crippen LogP contribution < -0.4 is 5.32 Å². The molecule has 2 N–H and O–H groups in total. The number of H-pyrrole nitrogens is 1. The van der Waals surface area contributed by atoms with E-state index in [0.717, 1.165) is 22.5 Å². The van der Waals surface area contributed by atoms with E-state index >= 15 is 0 Å². The largest absolute Gasteiger partial charge is 0.454 e. The van der Waals surface area contributed by atoms with E-state index in [2.05, 4.69) is 10.3 Å². The Balaban J connectivity index is 1.63. The molecule has 14 heteroatoms. The maximum absolute atomic E-state index is 13.4. The molecule has 0 radical (unpaired) electrons. The van der Waals surface area contributed by atoms with Gasteiger partial charge in [-0.1, -0.05) is 18.2 Å². The topological polar surface area (TPSA) is 164 Å². The Labute approximate surface area is 250 Å². The SMILES string of the molecule is CC(C)N(C(=O)COC(=O)[C@H](Cc1c[nH]c2ccccc12)Nc1ccc(S(=O)(=O)N2CCOCC2)cc1[N+](=O)[O-])C(C)C. The summed E-state index contributed by atoms with van der Waals surface area (Å²) in [5.74, 6) is -1.15. The van der Waals surface area contributed by atoms with Gasteiger partial charge in [-0.3, -0.25) is 14.9 Å². The number of carbonyl (C=O) groups is 2. The first kappa shape index (κ1) is 31.9. The molecule has 2 aromatic carbocycles. The first-order valence-electron chi connectivity index (χ1n) is 14.1. The van der Waals surface area contributed by atoms with Crippen LogP contribution in [0.15, 0.2) is 53.6 Å². The van der Waals surface area contributed by atoms with Crippen molar-refractivity contribution in [3.63, 3.8) is 0 Å².